The molecule has 11 heteroatoms. The van der Waals surface area contributed by atoms with Crippen molar-refractivity contribution in [3.8, 4) is 11.4 Å². The van der Waals surface area contributed by atoms with Gasteiger partial charge in [0.15, 0.2) is 17.5 Å². The van der Waals surface area contributed by atoms with Crippen molar-refractivity contribution in [3.05, 3.63) is 82.5 Å². The van der Waals surface area contributed by atoms with E-state index in [1.807, 2.05) is 24.3 Å². The van der Waals surface area contributed by atoms with Crippen molar-refractivity contribution < 1.29 is 18.3 Å². The highest BCUT2D eigenvalue weighted by Gasteiger charge is 2.35. The van der Waals surface area contributed by atoms with Gasteiger partial charge < -0.3 is 10.1 Å². The van der Waals surface area contributed by atoms with Crippen LogP contribution in [-0.4, -0.2) is 65.1 Å². The molecule has 2 aromatic heterocycles. The van der Waals surface area contributed by atoms with E-state index in [4.69, 9.17) is 9.84 Å². The van der Waals surface area contributed by atoms with Crippen molar-refractivity contribution in [2.45, 2.75) is 24.8 Å². The first-order valence-corrected chi connectivity index (χ1v) is 13.5. The molecule has 0 radical (unpaired) electrons. The SMILES string of the molecule is COCCN1C[C@@H](NC(=O)Nc2c(Br)c(-c3ccccn3)nn2C2=CCCC=C2)[C@H](c2ccc(F)c(F)c2)C1. The summed E-state index contributed by atoms with van der Waals surface area (Å²) in [5.74, 6) is -1.58. The maximum absolute atomic E-state index is 14.1. The van der Waals surface area contributed by atoms with Gasteiger partial charge in [-0.2, -0.15) is 5.10 Å². The van der Waals surface area contributed by atoms with Gasteiger partial charge >= 0.3 is 6.03 Å². The number of halogens is 3. The Bertz CT molecular complexity index is 1390. The highest BCUT2D eigenvalue weighted by molar-refractivity contribution is 9.10. The molecule has 0 saturated carbocycles. The number of carbonyl (C=O) groups excluding carboxylic acids is 1. The molecule has 5 rings (SSSR count). The third kappa shape index (κ3) is 6.10. The van der Waals surface area contributed by atoms with Crippen LogP contribution in [0.15, 0.2) is 65.3 Å². The van der Waals surface area contributed by atoms with Crippen molar-refractivity contribution >= 4 is 33.5 Å². The Hall–Kier alpha value is -3.41. The summed E-state index contributed by atoms with van der Waals surface area (Å²) in [6.45, 7) is 2.29. The van der Waals surface area contributed by atoms with Gasteiger partial charge in [0, 0.05) is 38.9 Å². The van der Waals surface area contributed by atoms with Gasteiger partial charge in [0.2, 0.25) is 0 Å². The molecule has 204 valence electrons. The van der Waals surface area contributed by atoms with Crippen molar-refractivity contribution in [2.75, 3.05) is 38.7 Å². The van der Waals surface area contributed by atoms with Crippen molar-refractivity contribution in [1.82, 2.24) is 25.0 Å². The quantitative estimate of drug-likeness (QED) is 0.362. The van der Waals surface area contributed by atoms with Crippen LogP contribution < -0.4 is 10.6 Å². The number of amides is 2. The van der Waals surface area contributed by atoms with Crippen LogP contribution in [-0.2, 0) is 4.74 Å². The Morgan fingerprint density at radius 2 is 2.05 bits per heavy atom. The molecule has 2 N–H and O–H groups in total. The molecule has 0 bridgehead atoms. The molecule has 1 fully saturated rings. The van der Waals surface area contributed by atoms with E-state index >= 15 is 0 Å². The van der Waals surface area contributed by atoms with E-state index in [-0.39, 0.29) is 12.0 Å². The number of benzene rings is 1. The van der Waals surface area contributed by atoms with Crippen LogP contribution in [0.2, 0.25) is 0 Å². The van der Waals surface area contributed by atoms with Gasteiger partial charge in [-0.15, -0.1) is 0 Å². The Morgan fingerprint density at radius 1 is 1.18 bits per heavy atom. The first-order chi connectivity index (χ1) is 18.9. The van der Waals surface area contributed by atoms with Crippen LogP contribution in [0.3, 0.4) is 0 Å². The van der Waals surface area contributed by atoms with E-state index in [1.165, 1.54) is 6.07 Å². The Labute approximate surface area is 233 Å². The molecule has 2 aliphatic rings. The number of carbonyl (C=O) groups is 1. The molecule has 0 spiro atoms. The molecule has 1 aromatic carbocycles. The summed E-state index contributed by atoms with van der Waals surface area (Å²) in [7, 11) is 1.63. The number of allylic oxidation sites excluding steroid dienone is 4. The smallest absolute Gasteiger partial charge is 0.320 e. The summed E-state index contributed by atoms with van der Waals surface area (Å²) in [4.78, 5) is 20.0. The van der Waals surface area contributed by atoms with Crippen LogP contribution in [0, 0.1) is 11.6 Å². The summed E-state index contributed by atoms with van der Waals surface area (Å²) >= 11 is 3.63. The first-order valence-electron chi connectivity index (χ1n) is 12.8. The summed E-state index contributed by atoms with van der Waals surface area (Å²) in [6, 6.07) is 8.68. The highest BCUT2D eigenvalue weighted by atomic mass is 79.9. The Kier molecular flexibility index (Phi) is 8.49. The zero-order valence-electron chi connectivity index (χ0n) is 21.4. The van der Waals surface area contributed by atoms with Gasteiger partial charge in [-0.25, -0.2) is 18.3 Å². The molecule has 3 heterocycles. The minimum atomic E-state index is -0.908. The molecule has 2 atom stereocenters. The summed E-state index contributed by atoms with van der Waals surface area (Å²) in [5, 5.41) is 10.8. The zero-order valence-corrected chi connectivity index (χ0v) is 23.0. The lowest BCUT2D eigenvalue weighted by atomic mass is 9.94. The summed E-state index contributed by atoms with van der Waals surface area (Å²) in [5.41, 5.74) is 2.72. The molecule has 1 aliphatic heterocycles. The third-order valence-corrected chi connectivity index (χ3v) is 7.63. The van der Waals surface area contributed by atoms with Gasteiger partial charge in [0.25, 0.3) is 0 Å². The van der Waals surface area contributed by atoms with Crippen LogP contribution >= 0.6 is 15.9 Å². The van der Waals surface area contributed by atoms with Gasteiger partial charge in [-0.1, -0.05) is 24.3 Å². The normalized spacial score (nSPS) is 19.2. The molecule has 2 amide bonds. The Morgan fingerprint density at radius 3 is 2.77 bits per heavy atom. The number of rotatable bonds is 8. The number of hydrogen-bond donors (Lipinski definition) is 2. The number of aromatic nitrogens is 3. The standard InChI is InChI=1S/C28H29BrF2N6O2/c1-39-14-13-36-16-20(18-10-11-21(30)22(31)15-18)24(17-36)33-28(38)34-27-25(29)26(23-9-5-6-12-32-23)35-37(27)19-7-3-2-4-8-19/h3,5-12,15,20,24H,2,4,13-14,16-17H2,1H3,(H2,33,34,38)/t20-,24+/m0/s1. The van der Waals surface area contributed by atoms with E-state index in [2.05, 4.69) is 48.6 Å². The van der Waals surface area contributed by atoms with E-state index in [0.717, 1.165) is 24.6 Å². The minimum Gasteiger partial charge on any atom is -0.383 e. The van der Waals surface area contributed by atoms with Crippen molar-refractivity contribution in [3.63, 3.8) is 0 Å². The van der Waals surface area contributed by atoms with Gasteiger partial charge in [-0.3, -0.25) is 15.2 Å². The Balaban J connectivity index is 1.41. The number of urea groups is 1. The summed E-state index contributed by atoms with van der Waals surface area (Å²) < 4.78 is 35.2. The van der Waals surface area contributed by atoms with Crippen LogP contribution in [0.4, 0.5) is 19.4 Å². The number of nitrogens with one attached hydrogen (secondary N) is 2. The molecular formula is C28H29BrF2N6O2. The number of ether oxygens (including phenoxy) is 1. The maximum atomic E-state index is 14.1. The lowest BCUT2D eigenvalue weighted by Gasteiger charge is -2.21. The maximum Gasteiger partial charge on any atom is 0.320 e. The molecule has 0 unspecified atom stereocenters. The molecule has 1 saturated heterocycles. The number of nitrogens with zero attached hydrogens (tertiary/aromatic N) is 4. The second-order valence-electron chi connectivity index (χ2n) is 9.48. The van der Waals surface area contributed by atoms with Crippen LogP contribution in [0.25, 0.3) is 17.1 Å². The predicted octanol–water partition coefficient (Wildman–Crippen LogP) is 5.41. The van der Waals surface area contributed by atoms with E-state index in [0.29, 0.717) is 53.5 Å². The van der Waals surface area contributed by atoms with Crippen LogP contribution in [0.5, 0.6) is 0 Å². The molecule has 3 aromatic rings. The van der Waals surface area contributed by atoms with E-state index in [1.54, 1.807) is 24.1 Å². The van der Waals surface area contributed by atoms with Crippen molar-refractivity contribution in [2.24, 2.45) is 0 Å². The second-order valence-corrected chi connectivity index (χ2v) is 10.3. The number of anilines is 1. The fourth-order valence-electron chi connectivity index (χ4n) is 4.94. The average molecular weight is 599 g/mol. The molecule has 39 heavy (non-hydrogen) atoms. The third-order valence-electron chi connectivity index (χ3n) is 6.88. The predicted molar refractivity (Wildman–Crippen MR) is 149 cm³/mol. The monoisotopic (exact) mass is 598 g/mol. The minimum absolute atomic E-state index is 0.232. The lowest BCUT2D eigenvalue weighted by molar-refractivity contribution is 0.159. The highest BCUT2D eigenvalue weighted by Crippen LogP contribution is 2.36. The second kappa shape index (κ2) is 12.2. The van der Waals surface area contributed by atoms with Crippen molar-refractivity contribution in [1.29, 1.82) is 0 Å². The van der Waals surface area contributed by atoms with Gasteiger partial charge in [-0.05, 0) is 64.7 Å². The zero-order chi connectivity index (χ0) is 27.4. The fraction of sp³-hybridized carbons (Fsp3) is 0.321. The topological polar surface area (TPSA) is 84.3 Å². The number of pyridine rings is 1. The molecular weight excluding hydrogens is 570 g/mol. The largest absolute Gasteiger partial charge is 0.383 e. The lowest BCUT2D eigenvalue weighted by Crippen LogP contribution is -2.42. The fourth-order valence-corrected chi connectivity index (χ4v) is 5.49. The van der Waals surface area contributed by atoms with Gasteiger partial charge in [0.1, 0.15) is 5.69 Å². The molecule has 8 nitrogen and oxygen atoms in total. The first kappa shape index (κ1) is 27.2. The summed E-state index contributed by atoms with van der Waals surface area (Å²) in [6.07, 6.45) is 9.59. The van der Waals surface area contributed by atoms with Crippen LogP contribution in [0.1, 0.15) is 24.3 Å². The average Bonchev–Trinajstić information content (AvgIpc) is 3.50. The van der Waals surface area contributed by atoms with E-state index in [9.17, 15) is 13.6 Å². The number of likely N-dealkylation sites (tertiary alicyclic amines) is 1. The molecule has 1 aliphatic carbocycles. The number of hydrogen-bond acceptors (Lipinski definition) is 5. The van der Waals surface area contributed by atoms with E-state index < -0.39 is 17.7 Å². The number of methoxy groups -OCH3 is 1. The van der Waals surface area contributed by atoms with Gasteiger partial charge in [0.05, 0.1) is 28.5 Å².